The van der Waals surface area contributed by atoms with Crippen molar-refractivity contribution in [3.63, 3.8) is 0 Å². The Labute approximate surface area is 287 Å². The van der Waals surface area contributed by atoms with Crippen LogP contribution in [-0.2, 0) is 28.4 Å². The van der Waals surface area contributed by atoms with Gasteiger partial charge in [0.15, 0.2) is 4.80 Å². The third-order valence-electron chi connectivity index (χ3n) is 8.40. The van der Waals surface area contributed by atoms with Crippen molar-refractivity contribution in [2.24, 2.45) is 4.99 Å². The molecule has 0 bridgehead atoms. The average Bonchev–Trinajstić information content (AvgIpc) is 3.87. The third kappa shape index (κ3) is 7.19. The molecular weight excluding hydrogens is 657 g/mol. The fourth-order valence-electron chi connectivity index (χ4n) is 5.92. The van der Waals surface area contributed by atoms with Gasteiger partial charge in [0.1, 0.15) is 37.7 Å². The van der Waals surface area contributed by atoms with E-state index in [4.69, 9.17) is 42.4 Å². The number of ether oxygens (including phenoxy) is 3. The zero-order valence-corrected chi connectivity index (χ0v) is 28.2. The largest absolute Gasteiger partial charge is 0.491 e. The zero-order chi connectivity index (χ0) is 32.2. The second-order valence-electron chi connectivity index (χ2n) is 11.4. The predicted octanol–water partition coefficient (Wildman–Crippen LogP) is 6.37. The lowest BCUT2D eigenvalue weighted by Gasteiger charge is -2.37. The van der Waals surface area contributed by atoms with Gasteiger partial charge < -0.3 is 28.6 Å². The van der Waals surface area contributed by atoms with E-state index in [1.54, 1.807) is 34.5 Å². The first kappa shape index (κ1) is 31.7. The Balaban J connectivity index is 0.927. The average molecular weight is 693 g/mol. The maximum atomic E-state index is 6.58. The van der Waals surface area contributed by atoms with Gasteiger partial charge in [0, 0.05) is 66.3 Å². The molecule has 2 fully saturated rings. The quantitative estimate of drug-likeness (QED) is 0.168. The number of aryl methyl sites for hydroxylation is 1. The number of aromatic nitrogens is 4. The highest BCUT2D eigenvalue weighted by molar-refractivity contribution is 7.07. The Morgan fingerprint density at radius 1 is 0.979 bits per heavy atom. The van der Waals surface area contributed by atoms with Crippen molar-refractivity contribution >= 4 is 51.6 Å². The van der Waals surface area contributed by atoms with Gasteiger partial charge in [0.25, 0.3) is 0 Å². The molecule has 4 heterocycles. The molecule has 2 atom stereocenters. The topological polar surface area (TPSA) is 82.2 Å². The monoisotopic (exact) mass is 691 g/mol. The smallest absolute Gasteiger partial charge is 0.217 e. The van der Waals surface area contributed by atoms with E-state index < -0.39 is 5.79 Å². The SMILES string of the molecule is CCn1ccsc1=Nc1ccc(N2CCN(c3ccc(OCC4COC(Cn5cncn5)(c5ccc(Cl)cc5Cl)O4)cc3)CC2)cc1. The fourth-order valence-corrected chi connectivity index (χ4v) is 7.29. The maximum absolute atomic E-state index is 6.58. The van der Waals surface area contributed by atoms with E-state index >= 15 is 0 Å². The van der Waals surface area contributed by atoms with Crippen LogP contribution in [0.25, 0.3) is 0 Å². The van der Waals surface area contributed by atoms with Crippen LogP contribution in [-0.4, -0.2) is 64.8 Å². The number of rotatable bonds is 10. The first-order valence-electron chi connectivity index (χ1n) is 15.6. The highest BCUT2D eigenvalue weighted by Crippen LogP contribution is 2.40. The van der Waals surface area contributed by atoms with Crippen LogP contribution in [0, 0.1) is 0 Å². The van der Waals surface area contributed by atoms with Gasteiger partial charge in [-0.2, -0.15) is 5.10 Å². The van der Waals surface area contributed by atoms with Gasteiger partial charge in [0.05, 0.1) is 17.3 Å². The normalized spacial score (nSPS) is 20.2. The maximum Gasteiger partial charge on any atom is 0.217 e. The Hall–Kier alpha value is -3.87. The van der Waals surface area contributed by atoms with Gasteiger partial charge >= 0.3 is 0 Å². The molecule has 5 aromatic rings. The van der Waals surface area contributed by atoms with Crippen molar-refractivity contribution in [2.75, 3.05) is 49.2 Å². The summed E-state index contributed by atoms with van der Waals surface area (Å²) >= 11 is 14.4. The first-order chi connectivity index (χ1) is 23.0. The van der Waals surface area contributed by atoms with Crippen LogP contribution in [0.15, 0.2) is 96.0 Å². The summed E-state index contributed by atoms with van der Waals surface area (Å²) in [5, 5.41) is 7.30. The van der Waals surface area contributed by atoms with Crippen molar-refractivity contribution in [1.82, 2.24) is 19.3 Å². The van der Waals surface area contributed by atoms with E-state index in [0.29, 0.717) is 28.8 Å². The second-order valence-corrected chi connectivity index (χ2v) is 13.1. The van der Waals surface area contributed by atoms with Gasteiger partial charge in [-0.1, -0.05) is 29.3 Å². The number of thiazole rings is 1. The zero-order valence-electron chi connectivity index (χ0n) is 25.9. The lowest BCUT2D eigenvalue weighted by Crippen LogP contribution is -2.46. The molecule has 2 unspecified atom stereocenters. The summed E-state index contributed by atoms with van der Waals surface area (Å²) in [5.41, 5.74) is 4.06. The number of hydrogen-bond donors (Lipinski definition) is 0. The van der Waals surface area contributed by atoms with Gasteiger partial charge in [0.2, 0.25) is 5.79 Å². The summed E-state index contributed by atoms with van der Waals surface area (Å²) < 4.78 is 22.7. The Bertz CT molecular complexity index is 1840. The molecule has 0 aliphatic carbocycles. The molecule has 47 heavy (non-hydrogen) atoms. The fraction of sp³-hybridized carbons (Fsp3) is 0.324. The summed E-state index contributed by atoms with van der Waals surface area (Å²) in [6.07, 6.45) is 4.85. The molecule has 0 radical (unpaired) electrons. The molecule has 3 aromatic carbocycles. The van der Waals surface area contributed by atoms with Crippen LogP contribution in [0.4, 0.5) is 17.1 Å². The number of anilines is 2. The van der Waals surface area contributed by atoms with Crippen LogP contribution in [0.5, 0.6) is 5.75 Å². The van der Waals surface area contributed by atoms with E-state index in [-0.39, 0.29) is 12.6 Å². The molecule has 2 aliphatic heterocycles. The van der Waals surface area contributed by atoms with E-state index in [1.807, 2.05) is 18.2 Å². The highest BCUT2D eigenvalue weighted by atomic mass is 35.5. The number of benzene rings is 3. The molecule has 7 rings (SSSR count). The Morgan fingerprint density at radius 2 is 1.70 bits per heavy atom. The summed E-state index contributed by atoms with van der Waals surface area (Å²) in [5.74, 6) is -0.374. The number of hydrogen-bond acceptors (Lipinski definition) is 9. The van der Waals surface area contributed by atoms with Crippen LogP contribution in [0.3, 0.4) is 0 Å². The molecule has 0 amide bonds. The Morgan fingerprint density at radius 3 is 2.36 bits per heavy atom. The molecule has 2 aliphatic rings. The summed E-state index contributed by atoms with van der Waals surface area (Å²) in [6, 6.07) is 22.1. The second kappa shape index (κ2) is 14.1. The van der Waals surface area contributed by atoms with Gasteiger partial charge in [-0.05, 0) is 67.6 Å². The number of nitrogens with zero attached hydrogens (tertiary/aromatic N) is 7. The number of piperazine rings is 1. The molecule has 10 nitrogen and oxygen atoms in total. The van der Waals surface area contributed by atoms with Crippen molar-refractivity contribution < 1.29 is 14.2 Å². The molecule has 13 heteroatoms. The van der Waals surface area contributed by atoms with Crippen LogP contribution >= 0.6 is 34.5 Å². The molecule has 0 saturated carbocycles. The summed E-state index contributed by atoms with van der Waals surface area (Å²) in [6.45, 7) is 7.75. The van der Waals surface area contributed by atoms with Gasteiger partial charge in [-0.15, -0.1) is 11.3 Å². The predicted molar refractivity (Wildman–Crippen MR) is 185 cm³/mol. The van der Waals surface area contributed by atoms with Crippen LogP contribution < -0.4 is 19.3 Å². The minimum absolute atomic E-state index is 0.280. The van der Waals surface area contributed by atoms with E-state index in [9.17, 15) is 0 Å². The minimum Gasteiger partial charge on any atom is -0.491 e. The van der Waals surface area contributed by atoms with Gasteiger partial charge in [-0.3, -0.25) is 0 Å². The Kier molecular flexibility index (Phi) is 9.51. The van der Waals surface area contributed by atoms with E-state index in [1.165, 1.54) is 17.7 Å². The van der Waals surface area contributed by atoms with Crippen molar-refractivity contribution in [3.8, 4) is 5.75 Å². The van der Waals surface area contributed by atoms with Crippen molar-refractivity contribution in [2.45, 2.75) is 31.9 Å². The van der Waals surface area contributed by atoms with Crippen LogP contribution in [0.1, 0.15) is 12.5 Å². The summed E-state index contributed by atoms with van der Waals surface area (Å²) in [4.78, 5) is 14.7. The van der Waals surface area contributed by atoms with Crippen LogP contribution in [0.2, 0.25) is 10.0 Å². The van der Waals surface area contributed by atoms with E-state index in [2.05, 4.69) is 79.3 Å². The molecule has 2 aromatic heterocycles. The third-order valence-corrected chi connectivity index (χ3v) is 9.74. The standard InChI is InChI=1S/C34H35Cl2N7O3S/c1-2-40-17-18-47-33(40)39-26-4-6-27(7-5-26)41-13-15-42(16-14-41)28-8-10-29(11-9-28)44-20-30-21-45-34(46-30,22-43-24-37-23-38-43)31-12-3-25(35)19-32(31)36/h3-12,17-19,23-24,30H,2,13-16,20-22H2,1H3. The first-order valence-corrected chi connectivity index (χ1v) is 17.2. The lowest BCUT2D eigenvalue weighted by molar-refractivity contribution is -0.190. The van der Waals surface area contributed by atoms with E-state index in [0.717, 1.165) is 49.0 Å². The molecule has 0 N–H and O–H groups in total. The molecule has 0 spiro atoms. The van der Waals surface area contributed by atoms with Crippen molar-refractivity contribution in [3.05, 3.63) is 111 Å². The van der Waals surface area contributed by atoms with Gasteiger partial charge in [-0.25, -0.2) is 14.7 Å². The number of halogens is 2. The minimum atomic E-state index is -1.14. The lowest BCUT2D eigenvalue weighted by atomic mass is 10.1. The molecule has 244 valence electrons. The van der Waals surface area contributed by atoms with Crippen molar-refractivity contribution in [1.29, 1.82) is 0 Å². The highest BCUT2D eigenvalue weighted by Gasteiger charge is 2.45. The summed E-state index contributed by atoms with van der Waals surface area (Å²) in [7, 11) is 0. The molecule has 2 saturated heterocycles. The molecular formula is C34H35Cl2N7O3S.